The first kappa shape index (κ1) is 33.7. The quantitative estimate of drug-likeness (QED) is 0.102. The third-order valence-corrected chi connectivity index (χ3v) is 12.9. The van der Waals surface area contributed by atoms with Crippen molar-refractivity contribution in [1.29, 1.82) is 0 Å². The maximum Gasteiger partial charge on any atom is 0.314 e. The molecule has 0 radical (unpaired) electrons. The zero-order chi connectivity index (χ0) is 32.7. The van der Waals surface area contributed by atoms with Gasteiger partial charge in [-0.2, -0.15) is 0 Å². The molecule has 16 atom stereocenters. The Bertz CT molecular complexity index is 1150. The summed E-state index contributed by atoms with van der Waals surface area (Å²) in [5.74, 6) is -0.348. The van der Waals surface area contributed by atoms with Crippen molar-refractivity contribution in [1.82, 2.24) is 0 Å². The van der Waals surface area contributed by atoms with Crippen LogP contribution in [0.2, 0.25) is 0 Å². The highest BCUT2D eigenvalue weighted by Crippen LogP contribution is 2.73. The molecule has 4 aliphatic carbocycles. The van der Waals surface area contributed by atoms with Crippen LogP contribution in [0.4, 0.5) is 0 Å². The number of hydrogen-bond acceptors (Lipinski definition) is 13. The van der Waals surface area contributed by atoms with Crippen molar-refractivity contribution in [3.8, 4) is 0 Å². The van der Waals surface area contributed by atoms with Crippen molar-refractivity contribution >= 4 is 5.97 Å². The van der Waals surface area contributed by atoms with Gasteiger partial charge in [-0.3, -0.25) is 4.79 Å². The van der Waals surface area contributed by atoms with Gasteiger partial charge < -0.3 is 59.8 Å². The Morgan fingerprint density at radius 1 is 0.800 bits per heavy atom. The summed E-state index contributed by atoms with van der Waals surface area (Å²) in [6, 6.07) is 0. The molecule has 256 valence electrons. The van der Waals surface area contributed by atoms with Gasteiger partial charge in [0.25, 0.3) is 0 Å². The van der Waals surface area contributed by atoms with Gasteiger partial charge in [0.15, 0.2) is 6.29 Å². The largest absolute Gasteiger partial charge is 0.432 e. The number of esters is 1. The molecule has 0 aromatic rings. The van der Waals surface area contributed by atoms with E-state index in [0.29, 0.717) is 25.7 Å². The van der Waals surface area contributed by atoms with Crippen molar-refractivity contribution < 1.29 is 64.6 Å². The Hall–Kier alpha value is -1.23. The summed E-state index contributed by atoms with van der Waals surface area (Å²) in [5, 5.41) is 81.4. The number of hydrogen-bond donors (Lipinski definition) is 8. The van der Waals surface area contributed by atoms with Crippen LogP contribution in [0.1, 0.15) is 71.6 Å². The fraction of sp³-hybridized carbons (Fsp3) is 0.906. The normalized spacial score (nSPS) is 54.7. The smallest absolute Gasteiger partial charge is 0.314 e. The average Bonchev–Trinajstić information content (AvgIpc) is 3.20. The summed E-state index contributed by atoms with van der Waals surface area (Å²) < 4.78 is 23.4. The number of aliphatic hydroxyl groups excluding tert-OH is 8. The molecule has 45 heavy (non-hydrogen) atoms. The number of rotatable bonds is 6. The Morgan fingerprint density at radius 3 is 2.00 bits per heavy atom. The molecule has 2 bridgehead atoms. The number of aliphatic hydroxyl groups is 8. The number of carbonyl (C=O) groups is 1. The van der Waals surface area contributed by atoms with Crippen LogP contribution in [0.3, 0.4) is 0 Å². The van der Waals surface area contributed by atoms with Gasteiger partial charge in [-0.25, -0.2) is 0 Å². The van der Waals surface area contributed by atoms with Crippen LogP contribution in [0, 0.1) is 28.1 Å². The van der Waals surface area contributed by atoms with E-state index in [-0.39, 0.29) is 22.7 Å². The Balaban J connectivity index is 1.20. The predicted molar refractivity (Wildman–Crippen MR) is 154 cm³/mol. The Morgan fingerprint density at radius 2 is 1.38 bits per heavy atom. The van der Waals surface area contributed by atoms with E-state index in [0.717, 1.165) is 37.7 Å². The standard InChI is InChI=1S/C32H50O13/c1-15-11-31-9-5-18-29(2,7-4-8-30(18,3)28(41)44-26-24(39)22(37)20(35)16(12-33)42-26)19(31)6-10-32(15,14-31)45-27-25(40)23(38)21(36)17(13-34)43-27/h16-27,33-40H,1,4-14H2,2-3H3/t16-,17-,18?,19+,20-,21-,22+,23+,24-,25-,26+,27+,29-,30?,31?,32+/m1/s1. The van der Waals surface area contributed by atoms with Crippen LogP contribution in [-0.4, -0.2) is 127 Å². The van der Waals surface area contributed by atoms with E-state index in [2.05, 4.69) is 13.5 Å². The van der Waals surface area contributed by atoms with Crippen molar-refractivity contribution in [2.24, 2.45) is 28.1 Å². The summed E-state index contributed by atoms with van der Waals surface area (Å²) in [7, 11) is 0. The monoisotopic (exact) mass is 642 g/mol. The highest BCUT2D eigenvalue weighted by atomic mass is 16.7. The van der Waals surface area contributed by atoms with Crippen LogP contribution in [0.25, 0.3) is 0 Å². The first-order valence-electron chi connectivity index (χ1n) is 16.3. The summed E-state index contributed by atoms with van der Waals surface area (Å²) in [5.41, 5.74) is -1.20. The van der Waals surface area contributed by atoms with E-state index >= 15 is 0 Å². The van der Waals surface area contributed by atoms with Gasteiger partial charge in [-0.05, 0) is 86.5 Å². The van der Waals surface area contributed by atoms with Gasteiger partial charge in [0, 0.05) is 0 Å². The van der Waals surface area contributed by atoms with Crippen LogP contribution in [-0.2, 0) is 23.7 Å². The molecule has 6 aliphatic rings. The molecule has 0 aromatic carbocycles. The number of fused-ring (bicyclic) bond motifs is 3. The fourth-order valence-corrected chi connectivity index (χ4v) is 10.5. The van der Waals surface area contributed by atoms with Gasteiger partial charge in [0.1, 0.15) is 48.8 Å². The van der Waals surface area contributed by atoms with Crippen molar-refractivity contribution in [3.63, 3.8) is 0 Å². The second-order valence-electron chi connectivity index (χ2n) is 15.2. The molecule has 6 fully saturated rings. The van der Waals surface area contributed by atoms with Crippen LogP contribution < -0.4 is 0 Å². The second-order valence-corrected chi connectivity index (χ2v) is 15.2. The zero-order valence-electron chi connectivity index (χ0n) is 26.0. The first-order valence-corrected chi connectivity index (χ1v) is 16.3. The molecule has 1 spiro atoms. The lowest BCUT2D eigenvalue weighted by Gasteiger charge is -2.64. The van der Waals surface area contributed by atoms with Crippen LogP contribution in [0.15, 0.2) is 12.2 Å². The second kappa shape index (κ2) is 11.7. The molecule has 13 heteroatoms. The van der Waals surface area contributed by atoms with Crippen molar-refractivity contribution in [3.05, 3.63) is 12.2 Å². The minimum Gasteiger partial charge on any atom is -0.432 e. The minimum absolute atomic E-state index is 0.0421. The van der Waals surface area contributed by atoms with Gasteiger partial charge in [-0.1, -0.05) is 19.9 Å². The molecule has 2 saturated heterocycles. The maximum atomic E-state index is 13.9. The number of carbonyl (C=O) groups excluding carboxylic acids is 1. The molecule has 2 aliphatic heterocycles. The third kappa shape index (κ3) is 5.04. The average molecular weight is 643 g/mol. The molecule has 6 rings (SSSR count). The van der Waals surface area contributed by atoms with Crippen LogP contribution in [0.5, 0.6) is 0 Å². The van der Waals surface area contributed by atoms with Crippen LogP contribution >= 0.6 is 0 Å². The SMILES string of the molecule is C=C1CC23CCC4C(C)(C(=O)O[C@@H]5O[C@H](CO)[C@@H](O)[C@H](O)[C@H]5O)CCC[C@@]4(C)[C@@H]2CC[C@]1(O[C@@H]1O[C@H](CO)[C@@H](O)[C@H](O)[C@H]1O)C3. The van der Waals surface area contributed by atoms with E-state index in [1.807, 2.05) is 6.92 Å². The highest BCUT2D eigenvalue weighted by Gasteiger charge is 2.69. The van der Waals surface area contributed by atoms with E-state index in [1.165, 1.54) is 0 Å². The van der Waals surface area contributed by atoms with Crippen molar-refractivity contribution in [2.45, 2.75) is 139 Å². The minimum atomic E-state index is -1.67. The summed E-state index contributed by atoms with van der Waals surface area (Å²) in [6.45, 7) is 7.41. The lowest BCUT2D eigenvalue weighted by atomic mass is 9.41. The molecule has 8 N–H and O–H groups in total. The molecular weight excluding hydrogens is 592 g/mol. The summed E-state index contributed by atoms with van der Waals surface area (Å²) in [4.78, 5) is 13.9. The first-order chi connectivity index (χ1) is 21.2. The Labute approximate surface area is 262 Å². The molecule has 4 saturated carbocycles. The lowest BCUT2D eigenvalue weighted by Crippen LogP contribution is -2.63. The fourth-order valence-electron chi connectivity index (χ4n) is 10.5. The summed E-state index contributed by atoms with van der Waals surface area (Å²) >= 11 is 0. The van der Waals surface area contributed by atoms with E-state index in [9.17, 15) is 45.6 Å². The lowest BCUT2D eigenvalue weighted by molar-refractivity contribution is -0.327. The zero-order valence-corrected chi connectivity index (χ0v) is 26.0. The summed E-state index contributed by atoms with van der Waals surface area (Å²) in [6.07, 6.45) is -7.82. The highest BCUT2D eigenvalue weighted by molar-refractivity contribution is 5.77. The molecule has 13 nitrogen and oxygen atoms in total. The van der Waals surface area contributed by atoms with Crippen molar-refractivity contribution in [2.75, 3.05) is 13.2 Å². The maximum absolute atomic E-state index is 13.9. The van der Waals surface area contributed by atoms with E-state index in [4.69, 9.17) is 18.9 Å². The molecule has 2 heterocycles. The van der Waals surface area contributed by atoms with Gasteiger partial charge in [0.2, 0.25) is 6.29 Å². The van der Waals surface area contributed by atoms with Gasteiger partial charge in [-0.15, -0.1) is 0 Å². The molecule has 0 aromatic heterocycles. The van der Waals surface area contributed by atoms with E-state index < -0.39 is 91.6 Å². The number of ether oxygens (including phenoxy) is 4. The topological polar surface area (TPSA) is 216 Å². The Kier molecular flexibility index (Phi) is 8.77. The predicted octanol–water partition coefficient (Wildman–Crippen LogP) is -0.762. The van der Waals surface area contributed by atoms with Gasteiger partial charge >= 0.3 is 5.97 Å². The van der Waals surface area contributed by atoms with E-state index in [1.54, 1.807) is 0 Å². The molecular formula is C32H50O13. The molecule has 0 amide bonds. The van der Waals surface area contributed by atoms with Gasteiger partial charge in [0.05, 0.1) is 24.2 Å². The molecule has 3 unspecified atom stereocenters. The third-order valence-electron chi connectivity index (χ3n) is 12.9.